The lowest BCUT2D eigenvalue weighted by molar-refractivity contribution is -0.142. The summed E-state index contributed by atoms with van der Waals surface area (Å²) in [7, 11) is 0. The van der Waals surface area contributed by atoms with Gasteiger partial charge in [0.1, 0.15) is 16.9 Å². The highest BCUT2D eigenvalue weighted by Crippen LogP contribution is 2.21. The largest absolute Gasteiger partial charge is 0.507 e. The van der Waals surface area contributed by atoms with E-state index in [1.165, 1.54) is 25.1 Å². The predicted molar refractivity (Wildman–Crippen MR) is 73.5 cm³/mol. The normalized spacial score (nSPS) is 11.9. The molecule has 0 unspecified atom stereocenters. The van der Waals surface area contributed by atoms with Gasteiger partial charge in [0.2, 0.25) is 0 Å². The molecule has 0 aromatic heterocycles. The molecule has 0 aliphatic heterocycles. The van der Waals surface area contributed by atoms with E-state index in [0.717, 1.165) is 0 Å². The number of halogens is 1. The van der Waals surface area contributed by atoms with Gasteiger partial charge in [-0.1, -0.05) is 6.07 Å². The molecule has 0 fully saturated rings. The first kappa shape index (κ1) is 23.2. The monoisotopic (exact) mass is 311 g/mol. The van der Waals surface area contributed by atoms with Crippen LogP contribution in [0, 0.1) is 0 Å². The van der Waals surface area contributed by atoms with Crippen molar-refractivity contribution in [3.63, 3.8) is 0 Å². The highest BCUT2D eigenvalue weighted by atomic mass is 35.5. The van der Waals surface area contributed by atoms with E-state index in [1.54, 1.807) is 0 Å². The van der Waals surface area contributed by atoms with Crippen molar-refractivity contribution in [3.05, 3.63) is 29.3 Å². The third-order valence-electron chi connectivity index (χ3n) is 2.35. The Balaban J connectivity index is -0.000000963. The number of nitrogens with two attached hydrogens (primary N) is 1. The Kier molecular flexibility index (Phi) is 9.68. The van der Waals surface area contributed by atoms with Gasteiger partial charge in [-0.15, -0.1) is 12.4 Å². The van der Waals surface area contributed by atoms with Gasteiger partial charge in [-0.25, -0.2) is 4.79 Å². The van der Waals surface area contributed by atoms with Crippen LogP contribution in [0.4, 0.5) is 0 Å². The Morgan fingerprint density at radius 3 is 2.15 bits per heavy atom. The van der Waals surface area contributed by atoms with E-state index in [0.29, 0.717) is 5.56 Å². The van der Waals surface area contributed by atoms with Crippen LogP contribution in [0.3, 0.4) is 0 Å². The summed E-state index contributed by atoms with van der Waals surface area (Å²) < 4.78 is 0. The van der Waals surface area contributed by atoms with E-state index in [-0.39, 0.29) is 41.1 Å². The summed E-state index contributed by atoms with van der Waals surface area (Å²) in [5.74, 6) is -2.82. The molecule has 116 valence electrons. The second kappa shape index (κ2) is 8.33. The topological polar surface area (TPSA) is 184 Å². The van der Waals surface area contributed by atoms with Crippen LogP contribution < -0.4 is 5.73 Å². The minimum Gasteiger partial charge on any atom is -0.507 e. The van der Waals surface area contributed by atoms with Gasteiger partial charge in [-0.05, 0) is 24.6 Å². The first-order valence-electron chi connectivity index (χ1n) is 4.81. The summed E-state index contributed by atoms with van der Waals surface area (Å²) in [6.45, 7) is 1.34. The van der Waals surface area contributed by atoms with Gasteiger partial charge in [-0.3, -0.25) is 4.79 Å². The Morgan fingerprint density at radius 2 is 1.75 bits per heavy atom. The lowest BCUT2D eigenvalue weighted by Gasteiger charge is -2.19. The van der Waals surface area contributed by atoms with Crippen molar-refractivity contribution in [2.45, 2.75) is 18.9 Å². The van der Waals surface area contributed by atoms with Gasteiger partial charge >= 0.3 is 11.9 Å². The van der Waals surface area contributed by atoms with E-state index >= 15 is 0 Å². The highest BCUT2D eigenvalue weighted by Gasteiger charge is 2.28. The van der Waals surface area contributed by atoms with E-state index in [2.05, 4.69) is 0 Å². The highest BCUT2D eigenvalue weighted by molar-refractivity contribution is 5.91. The minimum atomic E-state index is -1.48. The molecule has 0 saturated carbocycles. The molecule has 9 N–H and O–H groups in total. The molecule has 0 heterocycles. The van der Waals surface area contributed by atoms with Crippen molar-refractivity contribution in [2.75, 3.05) is 0 Å². The SMILES string of the molecule is C[C@](N)(Cc1ccc(O)c(C(=O)O)c1)C(=O)O.Cl.O.O. The maximum absolute atomic E-state index is 10.8. The Hall–Kier alpha value is -1.87. The Labute approximate surface area is 120 Å². The van der Waals surface area contributed by atoms with E-state index in [9.17, 15) is 14.7 Å². The van der Waals surface area contributed by atoms with Crippen LogP contribution in [0.2, 0.25) is 0 Å². The average molecular weight is 312 g/mol. The van der Waals surface area contributed by atoms with E-state index in [4.69, 9.17) is 15.9 Å². The number of hydrogen-bond donors (Lipinski definition) is 4. The zero-order valence-electron chi connectivity index (χ0n) is 10.6. The Bertz CT molecular complexity index is 476. The molecule has 0 spiro atoms. The van der Waals surface area contributed by atoms with Crippen LogP contribution in [0.5, 0.6) is 5.75 Å². The zero-order chi connectivity index (χ0) is 13.2. The van der Waals surface area contributed by atoms with Crippen molar-refractivity contribution in [3.8, 4) is 5.75 Å². The van der Waals surface area contributed by atoms with Crippen molar-refractivity contribution < 1.29 is 35.9 Å². The molecule has 0 amide bonds. The maximum Gasteiger partial charge on any atom is 0.339 e. The van der Waals surface area contributed by atoms with Gasteiger partial charge in [-0.2, -0.15) is 0 Å². The van der Waals surface area contributed by atoms with Crippen molar-refractivity contribution in [1.29, 1.82) is 0 Å². The van der Waals surface area contributed by atoms with E-state index in [1.807, 2.05) is 0 Å². The lowest BCUT2D eigenvalue weighted by atomic mass is 9.93. The first-order valence-corrected chi connectivity index (χ1v) is 4.81. The standard InChI is InChI=1S/C11H13NO5.ClH.2H2O/c1-11(12,10(16)17)5-6-2-3-8(13)7(4-6)9(14)15;;;/h2-4,13H,5,12H2,1H3,(H,14,15)(H,16,17);1H;2*1H2/t11-;;;/m0.../s1. The number of benzene rings is 1. The molecule has 0 radical (unpaired) electrons. The van der Waals surface area contributed by atoms with Crippen molar-refractivity contribution >= 4 is 24.3 Å². The number of carboxylic acid groups (broad SMARTS) is 2. The van der Waals surface area contributed by atoms with Crippen LogP contribution in [-0.2, 0) is 11.2 Å². The molecular weight excluding hydrogens is 294 g/mol. The van der Waals surface area contributed by atoms with Gasteiger partial charge in [0, 0.05) is 6.42 Å². The molecule has 9 heteroatoms. The van der Waals surface area contributed by atoms with Gasteiger partial charge in [0.15, 0.2) is 0 Å². The second-order valence-corrected chi connectivity index (χ2v) is 4.06. The lowest BCUT2D eigenvalue weighted by Crippen LogP contribution is -2.46. The molecular formula is C11H18ClNO7. The van der Waals surface area contributed by atoms with Crippen molar-refractivity contribution in [2.24, 2.45) is 5.73 Å². The van der Waals surface area contributed by atoms with Gasteiger partial charge < -0.3 is 32.0 Å². The fourth-order valence-corrected chi connectivity index (χ4v) is 1.36. The predicted octanol–water partition coefficient (Wildman–Crippen LogP) is -0.793. The smallest absolute Gasteiger partial charge is 0.339 e. The quantitative estimate of drug-likeness (QED) is 0.564. The summed E-state index contributed by atoms with van der Waals surface area (Å²) in [4.78, 5) is 21.6. The number of carboxylic acids is 2. The van der Waals surface area contributed by atoms with E-state index < -0.39 is 17.5 Å². The zero-order valence-corrected chi connectivity index (χ0v) is 11.4. The number of aromatic carboxylic acids is 1. The molecule has 1 atom stereocenters. The minimum absolute atomic E-state index is 0. The van der Waals surface area contributed by atoms with Crippen LogP contribution in [0.15, 0.2) is 18.2 Å². The summed E-state index contributed by atoms with van der Waals surface area (Å²) in [5, 5.41) is 26.9. The Morgan fingerprint density at radius 1 is 1.25 bits per heavy atom. The number of carbonyl (C=O) groups is 2. The number of aliphatic carboxylic acids is 1. The fraction of sp³-hybridized carbons (Fsp3) is 0.273. The molecule has 0 aliphatic rings. The summed E-state index contributed by atoms with van der Waals surface area (Å²) in [6.07, 6.45) is -0.0249. The second-order valence-electron chi connectivity index (χ2n) is 4.06. The molecule has 1 rings (SSSR count). The van der Waals surface area contributed by atoms with Crippen LogP contribution >= 0.6 is 12.4 Å². The summed E-state index contributed by atoms with van der Waals surface area (Å²) >= 11 is 0. The number of rotatable bonds is 4. The molecule has 0 bridgehead atoms. The van der Waals surface area contributed by atoms with Crippen LogP contribution in [0.1, 0.15) is 22.8 Å². The van der Waals surface area contributed by atoms with Crippen LogP contribution in [0.25, 0.3) is 0 Å². The molecule has 20 heavy (non-hydrogen) atoms. The average Bonchev–Trinajstić information content (AvgIpc) is 2.20. The molecule has 1 aromatic carbocycles. The van der Waals surface area contributed by atoms with Crippen molar-refractivity contribution in [1.82, 2.24) is 0 Å². The molecule has 0 aliphatic carbocycles. The van der Waals surface area contributed by atoms with Gasteiger partial charge in [0.25, 0.3) is 0 Å². The third-order valence-corrected chi connectivity index (χ3v) is 2.35. The fourth-order valence-electron chi connectivity index (χ4n) is 1.36. The number of aromatic hydroxyl groups is 1. The molecule has 0 saturated heterocycles. The maximum atomic E-state index is 10.8. The number of hydrogen-bond acceptors (Lipinski definition) is 4. The number of phenols is 1. The van der Waals surface area contributed by atoms with Gasteiger partial charge in [0.05, 0.1) is 0 Å². The summed E-state index contributed by atoms with van der Waals surface area (Å²) in [6, 6.07) is 3.86. The molecule has 1 aromatic rings. The third kappa shape index (κ3) is 5.41. The summed E-state index contributed by atoms with van der Waals surface area (Å²) in [5.41, 5.74) is 4.23. The first-order chi connectivity index (χ1) is 7.74. The van der Waals surface area contributed by atoms with Crippen LogP contribution in [-0.4, -0.2) is 43.7 Å². The molecule has 8 nitrogen and oxygen atoms in total.